The quantitative estimate of drug-likeness (QED) is 0.774. The van der Waals surface area contributed by atoms with Gasteiger partial charge in [-0.05, 0) is 51.9 Å². The summed E-state index contributed by atoms with van der Waals surface area (Å²) in [5.41, 5.74) is 1.14. The van der Waals surface area contributed by atoms with Crippen LogP contribution in [0.25, 0.3) is 0 Å². The van der Waals surface area contributed by atoms with Crippen molar-refractivity contribution in [3.63, 3.8) is 0 Å². The van der Waals surface area contributed by atoms with Gasteiger partial charge < -0.3 is 15.4 Å². The minimum atomic E-state index is -0.496. The Hall–Kier alpha value is -1.55. The molecule has 118 valence electrons. The second kappa shape index (κ2) is 8.67. The number of carbonyl (C=O) groups excluding carboxylic acids is 1. The third kappa shape index (κ3) is 5.76. The topological polar surface area (TPSA) is 50.4 Å². The van der Waals surface area contributed by atoms with Crippen LogP contribution in [0.4, 0.5) is 0 Å². The van der Waals surface area contributed by atoms with Gasteiger partial charge in [-0.1, -0.05) is 25.5 Å². The minimum absolute atomic E-state index is 0.0666. The van der Waals surface area contributed by atoms with E-state index in [1.807, 2.05) is 38.2 Å². The van der Waals surface area contributed by atoms with Crippen LogP contribution in [0.3, 0.4) is 0 Å². The van der Waals surface area contributed by atoms with Gasteiger partial charge >= 0.3 is 0 Å². The van der Waals surface area contributed by atoms with Crippen molar-refractivity contribution in [1.82, 2.24) is 10.6 Å². The number of benzene rings is 1. The van der Waals surface area contributed by atoms with Gasteiger partial charge in [-0.15, -0.1) is 0 Å². The largest absolute Gasteiger partial charge is 0.481 e. The van der Waals surface area contributed by atoms with Crippen molar-refractivity contribution in [1.29, 1.82) is 0 Å². The third-order valence-corrected chi connectivity index (χ3v) is 3.58. The molecule has 1 rings (SSSR count). The number of amides is 1. The van der Waals surface area contributed by atoms with Crippen molar-refractivity contribution in [2.75, 3.05) is 7.05 Å². The molecule has 0 spiro atoms. The molecule has 0 fully saturated rings. The molecule has 3 unspecified atom stereocenters. The van der Waals surface area contributed by atoms with Crippen LogP contribution in [0.1, 0.15) is 52.1 Å². The standard InChI is InChI=1S/C17H28N2O2/c1-6-8-12(2)19-17(20)14(4)21-16-10-7-9-15(11-16)13(3)18-5/h7,9-14,18H,6,8H2,1-5H3,(H,19,20). The second-order valence-corrected chi connectivity index (χ2v) is 5.54. The summed E-state index contributed by atoms with van der Waals surface area (Å²) in [4.78, 5) is 12.1. The number of ether oxygens (including phenoxy) is 1. The highest BCUT2D eigenvalue weighted by Crippen LogP contribution is 2.19. The first-order valence-corrected chi connectivity index (χ1v) is 7.72. The van der Waals surface area contributed by atoms with E-state index in [2.05, 4.69) is 24.5 Å². The molecular weight excluding hydrogens is 264 g/mol. The van der Waals surface area contributed by atoms with Crippen LogP contribution in [0.2, 0.25) is 0 Å². The molecule has 1 aromatic rings. The van der Waals surface area contributed by atoms with E-state index in [0.717, 1.165) is 24.2 Å². The van der Waals surface area contributed by atoms with Crippen molar-refractivity contribution in [2.45, 2.75) is 58.7 Å². The van der Waals surface area contributed by atoms with E-state index < -0.39 is 6.10 Å². The maximum absolute atomic E-state index is 12.1. The zero-order valence-corrected chi connectivity index (χ0v) is 13.8. The summed E-state index contributed by atoms with van der Waals surface area (Å²) in [7, 11) is 1.92. The zero-order valence-electron chi connectivity index (χ0n) is 13.8. The van der Waals surface area contributed by atoms with Crippen LogP contribution in [-0.2, 0) is 4.79 Å². The average molecular weight is 292 g/mol. The molecule has 21 heavy (non-hydrogen) atoms. The number of nitrogens with one attached hydrogen (secondary N) is 2. The number of hydrogen-bond acceptors (Lipinski definition) is 3. The highest BCUT2D eigenvalue weighted by atomic mass is 16.5. The monoisotopic (exact) mass is 292 g/mol. The molecule has 0 aliphatic rings. The van der Waals surface area contributed by atoms with Crippen molar-refractivity contribution in [3.8, 4) is 5.75 Å². The fourth-order valence-corrected chi connectivity index (χ4v) is 2.15. The maximum Gasteiger partial charge on any atom is 0.260 e. The molecule has 4 nitrogen and oxygen atoms in total. The van der Waals surface area contributed by atoms with Gasteiger partial charge in [-0.3, -0.25) is 4.79 Å². The Bertz CT molecular complexity index is 448. The Morgan fingerprint density at radius 2 is 2.00 bits per heavy atom. The SMILES string of the molecule is CCCC(C)NC(=O)C(C)Oc1cccc(C(C)NC)c1. The highest BCUT2D eigenvalue weighted by molar-refractivity contribution is 5.80. The Morgan fingerprint density at radius 3 is 2.62 bits per heavy atom. The predicted octanol–water partition coefficient (Wildman–Crippen LogP) is 3.04. The van der Waals surface area contributed by atoms with Crippen molar-refractivity contribution >= 4 is 5.91 Å². The van der Waals surface area contributed by atoms with E-state index in [4.69, 9.17) is 4.74 Å². The lowest BCUT2D eigenvalue weighted by Crippen LogP contribution is -2.41. The Balaban J connectivity index is 2.61. The van der Waals surface area contributed by atoms with Crippen LogP contribution >= 0.6 is 0 Å². The van der Waals surface area contributed by atoms with Crippen molar-refractivity contribution in [2.24, 2.45) is 0 Å². The van der Waals surface area contributed by atoms with Crippen LogP contribution < -0.4 is 15.4 Å². The van der Waals surface area contributed by atoms with Gasteiger partial charge in [0.15, 0.2) is 6.10 Å². The summed E-state index contributed by atoms with van der Waals surface area (Å²) in [6.45, 7) is 7.99. The molecule has 0 heterocycles. The van der Waals surface area contributed by atoms with Crippen LogP contribution in [0.5, 0.6) is 5.75 Å². The molecule has 0 aliphatic heterocycles. The molecule has 0 saturated carbocycles. The van der Waals surface area contributed by atoms with Crippen LogP contribution in [-0.4, -0.2) is 25.1 Å². The van der Waals surface area contributed by atoms with Crippen molar-refractivity contribution < 1.29 is 9.53 Å². The number of carbonyl (C=O) groups is 1. The molecule has 3 atom stereocenters. The fraction of sp³-hybridized carbons (Fsp3) is 0.588. The molecule has 1 amide bonds. The van der Waals surface area contributed by atoms with Gasteiger partial charge in [0.05, 0.1) is 0 Å². The van der Waals surface area contributed by atoms with E-state index in [9.17, 15) is 4.79 Å². The molecule has 0 aromatic heterocycles. The van der Waals surface area contributed by atoms with Gasteiger partial charge in [0, 0.05) is 12.1 Å². The average Bonchev–Trinajstić information content (AvgIpc) is 2.46. The fourth-order valence-electron chi connectivity index (χ4n) is 2.15. The third-order valence-electron chi connectivity index (χ3n) is 3.58. The van der Waals surface area contributed by atoms with Crippen LogP contribution in [0, 0.1) is 0 Å². The Kier molecular flexibility index (Phi) is 7.23. The minimum Gasteiger partial charge on any atom is -0.481 e. The van der Waals surface area contributed by atoms with Gasteiger partial charge in [0.25, 0.3) is 5.91 Å². The van der Waals surface area contributed by atoms with E-state index in [1.165, 1.54) is 0 Å². The number of hydrogen-bond donors (Lipinski definition) is 2. The first-order chi connectivity index (χ1) is 9.97. The summed E-state index contributed by atoms with van der Waals surface area (Å²) >= 11 is 0. The molecule has 1 aromatic carbocycles. The molecule has 0 saturated heterocycles. The lowest BCUT2D eigenvalue weighted by atomic mass is 10.1. The molecule has 0 bridgehead atoms. The Morgan fingerprint density at radius 1 is 1.29 bits per heavy atom. The number of rotatable bonds is 8. The maximum atomic E-state index is 12.1. The summed E-state index contributed by atoms with van der Waals surface area (Å²) in [6.07, 6.45) is 1.54. The van der Waals surface area contributed by atoms with E-state index in [-0.39, 0.29) is 18.0 Å². The molecule has 0 aliphatic carbocycles. The van der Waals surface area contributed by atoms with Crippen molar-refractivity contribution in [3.05, 3.63) is 29.8 Å². The molecular formula is C17H28N2O2. The lowest BCUT2D eigenvalue weighted by Gasteiger charge is -2.19. The summed E-state index contributed by atoms with van der Waals surface area (Å²) in [5, 5.41) is 6.16. The summed E-state index contributed by atoms with van der Waals surface area (Å²) < 4.78 is 5.75. The van der Waals surface area contributed by atoms with Crippen LogP contribution in [0.15, 0.2) is 24.3 Å². The first-order valence-electron chi connectivity index (χ1n) is 7.72. The van der Waals surface area contributed by atoms with Gasteiger partial charge in [-0.25, -0.2) is 0 Å². The van der Waals surface area contributed by atoms with E-state index >= 15 is 0 Å². The zero-order chi connectivity index (χ0) is 15.8. The van der Waals surface area contributed by atoms with E-state index in [1.54, 1.807) is 6.92 Å². The smallest absolute Gasteiger partial charge is 0.260 e. The summed E-state index contributed by atoms with van der Waals surface area (Å²) in [5.74, 6) is 0.656. The molecule has 4 heteroatoms. The van der Waals surface area contributed by atoms with Gasteiger partial charge in [-0.2, -0.15) is 0 Å². The second-order valence-electron chi connectivity index (χ2n) is 5.54. The highest BCUT2D eigenvalue weighted by Gasteiger charge is 2.17. The lowest BCUT2D eigenvalue weighted by molar-refractivity contribution is -0.127. The molecule has 2 N–H and O–H groups in total. The Labute approximate surface area is 128 Å². The van der Waals surface area contributed by atoms with E-state index in [0.29, 0.717) is 0 Å². The predicted molar refractivity (Wildman–Crippen MR) is 86.5 cm³/mol. The van der Waals surface area contributed by atoms with Gasteiger partial charge in [0.2, 0.25) is 0 Å². The van der Waals surface area contributed by atoms with Gasteiger partial charge in [0.1, 0.15) is 5.75 Å². The normalized spacial score (nSPS) is 15.1. The summed E-state index contributed by atoms with van der Waals surface area (Å²) in [6, 6.07) is 8.28. The molecule has 0 radical (unpaired) electrons. The first kappa shape index (κ1) is 17.5.